The van der Waals surface area contributed by atoms with Crippen molar-refractivity contribution < 1.29 is 33.5 Å². The van der Waals surface area contributed by atoms with Gasteiger partial charge in [0.25, 0.3) is 5.69 Å². The van der Waals surface area contributed by atoms with Crippen LogP contribution in [-0.4, -0.2) is 66.3 Å². The van der Waals surface area contributed by atoms with Crippen LogP contribution in [0.15, 0.2) is 66.0 Å². The lowest BCUT2D eigenvalue weighted by atomic mass is 9.76. The maximum atomic E-state index is 16.7. The molecule has 0 bridgehead atoms. The van der Waals surface area contributed by atoms with Crippen molar-refractivity contribution in [2.45, 2.75) is 37.0 Å². The van der Waals surface area contributed by atoms with Crippen LogP contribution < -0.4 is 15.4 Å². The molecule has 2 heterocycles. The van der Waals surface area contributed by atoms with Crippen LogP contribution in [0, 0.1) is 22.0 Å². The van der Waals surface area contributed by atoms with Gasteiger partial charge in [0, 0.05) is 52.1 Å². The van der Waals surface area contributed by atoms with E-state index in [4.69, 9.17) is 32.7 Å². The van der Waals surface area contributed by atoms with Crippen LogP contribution >= 0.6 is 23.2 Å². The van der Waals surface area contributed by atoms with E-state index >= 15 is 4.39 Å². The number of nitrogens with zero attached hydrogens (tertiary/aromatic N) is 2. The quantitative estimate of drug-likeness (QED) is 0.120. The SMILES string of the molecule is C=C(Cl)/C=C\C=C(/F)[C@H]1[C@H](NCc2cc(OC)c(C(=O)OC)cc2[N+](=O)[O-])[C@H](CO)N(CC2CC2)[C@@]12C(=O)Nc1cc(Cl)ccc12. The molecule has 4 atom stereocenters. The molecule has 0 unspecified atom stereocenters. The highest BCUT2D eigenvalue weighted by Gasteiger charge is 2.67. The van der Waals surface area contributed by atoms with Gasteiger partial charge >= 0.3 is 5.97 Å². The van der Waals surface area contributed by atoms with Crippen molar-refractivity contribution in [1.82, 2.24) is 10.2 Å². The maximum absolute atomic E-state index is 16.7. The van der Waals surface area contributed by atoms with Crippen molar-refractivity contribution >= 4 is 46.5 Å². The summed E-state index contributed by atoms with van der Waals surface area (Å²) in [6, 6.07) is 5.58. The van der Waals surface area contributed by atoms with E-state index in [1.165, 1.54) is 31.4 Å². The Balaban J connectivity index is 1.66. The molecular weight excluding hydrogens is 642 g/mol. The van der Waals surface area contributed by atoms with Crippen molar-refractivity contribution in [2.75, 3.05) is 32.7 Å². The van der Waals surface area contributed by atoms with Crippen molar-refractivity contribution in [3.63, 3.8) is 0 Å². The predicted molar refractivity (Wildman–Crippen MR) is 170 cm³/mol. The monoisotopic (exact) mass is 674 g/mol. The van der Waals surface area contributed by atoms with Crippen molar-refractivity contribution in [1.29, 1.82) is 0 Å². The first-order valence-corrected chi connectivity index (χ1v) is 15.3. The summed E-state index contributed by atoms with van der Waals surface area (Å²) in [7, 11) is 2.46. The second kappa shape index (κ2) is 13.5. The third kappa shape index (κ3) is 6.03. The zero-order valence-electron chi connectivity index (χ0n) is 25.1. The average molecular weight is 676 g/mol. The standard InChI is InChI=1S/C32H33Cl2FN4O7/c1-17(33)5-4-6-23(35)28-29(36-14-19-11-27(45-2)21(30(41)46-3)13-25(19)39(43)44)26(16-40)38(15-18-7-8-18)32(28)22-10-9-20(34)12-24(22)37-31(32)42/h4-6,9-13,18,26,28-29,36,40H,1,7-8,14-16H2,2-3H3,(H,37,42)/b5-4-,23-6-/t26-,28-,29+,32+/m0/s1. The molecule has 2 fully saturated rings. The molecule has 244 valence electrons. The van der Waals surface area contributed by atoms with Crippen LogP contribution in [-0.2, 0) is 21.6 Å². The average Bonchev–Trinajstić information content (AvgIpc) is 3.74. The number of likely N-dealkylation sites (tertiary alicyclic amines) is 1. The number of nitro groups is 1. The molecule has 5 rings (SSSR count). The second-order valence-electron chi connectivity index (χ2n) is 11.4. The van der Waals surface area contributed by atoms with Crippen molar-refractivity contribution in [2.24, 2.45) is 11.8 Å². The molecule has 1 saturated carbocycles. The molecule has 1 spiro atoms. The summed E-state index contributed by atoms with van der Waals surface area (Å²) in [5.74, 6) is -2.93. The number of benzene rings is 2. The number of rotatable bonds is 12. The molecule has 1 amide bonds. The number of aliphatic hydroxyl groups excluding tert-OH is 1. The summed E-state index contributed by atoms with van der Waals surface area (Å²) in [6.45, 7) is 3.34. The molecule has 3 N–H and O–H groups in total. The fraction of sp³-hybridized carbons (Fsp3) is 0.375. The Morgan fingerprint density at radius 2 is 2.07 bits per heavy atom. The molecule has 11 nitrogen and oxygen atoms in total. The summed E-state index contributed by atoms with van der Waals surface area (Å²) >= 11 is 12.1. The van der Waals surface area contributed by atoms with Crippen molar-refractivity contribution in [3.8, 4) is 5.75 Å². The third-order valence-corrected chi connectivity index (χ3v) is 9.12. The fourth-order valence-corrected chi connectivity index (χ4v) is 6.88. The summed E-state index contributed by atoms with van der Waals surface area (Å²) in [6.07, 6.45) is 5.81. The number of ether oxygens (including phenoxy) is 2. The number of esters is 1. The van der Waals surface area contributed by atoms with E-state index in [9.17, 15) is 24.8 Å². The summed E-state index contributed by atoms with van der Waals surface area (Å²) in [4.78, 5) is 39.9. The highest BCUT2D eigenvalue weighted by Crippen LogP contribution is 2.57. The highest BCUT2D eigenvalue weighted by molar-refractivity contribution is 6.31. The number of nitro benzene ring substituents is 1. The largest absolute Gasteiger partial charge is 0.496 e. The topological polar surface area (TPSA) is 143 Å². The van der Waals surface area contributed by atoms with Gasteiger partial charge in [-0.25, -0.2) is 9.18 Å². The molecule has 2 aromatic rings. The number of anilines is 1. The third-order valence-electron chi connectivity index (χ3n) is 8.76. The van der Waals surface area contributed by atoms with Gasteiger partial charge in [-0.2, -0.15) is 0 Å². The van der Waals surface area contributed by atoms with Gasteiger partial charge in [-0.3, -0.25) is 19.8 Å². The lowest BCUT2D eigenvalue weighted by Crippen LogP contribution is -2.54. The van der Waals surface area contributed by atoms with Crippen molar-refractivity contribution in [3.05, 3.63) is 97.8 Å². The molecular formula is C32H33Cl2FN4O7. The molecule has 46 heavy (non-hydrogen) atoms. The number of carbonyl (C=O) groups is 2. The van der Waals surface area contributed by atoms with Gasteiger partial charge in [0.15, 0.2) is 0 Å². The first kappa shape index (κ1) is 33.6. The smallest absolute Gasteiger partial charge is 0.341 e. The Labute approximate surface area is 274 Å². The minimum atomic E-state index is -1.60. The van der Waals surface area contributed by atoms with E-state index in [1.54, 1.807) is 18.2 Å². The number of nitrogens with one attached hydrogen (secondary N) is 2. The van der Waals surface area contributed by atoms with Gasteiger partial charge < -0.3 is 25.2 Å². The van der Waals surface area contributed by atoms with Gasteiger partial charge in [0.05, 0.1) is 37.7 Å². The number of hydrogen-bond acceptors (Lipinski definition) is 9. The Morgan fingerprint density at radius 1 is 1.33 bits per heavy atom. The number of methoxy groups -OCH3 is 2. The Kier molecular flexibility index (Phi) is 9.85. The molecule has 1 saturated heterocycles. The van der Waals surface area contributed by atoms with E-state index in [1.807, 2.05) is 4.90 Å². The predicted octanol–water partition coefficient (Wildman–Crippen LogP) is 5.21. The van der Waals surface area contributed by atoms with E-state index in [0.29, 0.717) is 22.8 Å². The normalized spacial score (nSPS) is 24.3. The number of hydrogen-bond donors (Lipinski definition) is 3. The zero-order chi connectivity index (χ0) is 33.3. The number of halogens is 3. The van der Waals surface area contributed by atoms with Crippen LogP contribution in [0.1, 0.15) is 34.3 Å². The Bertz CT molecular complexity index is 1650. The minimum absolute atomic E-state index is 0.0428. The lowest BCUT2D eigenvalue weighted by molar-refractivity contribution is -0.385. The zero-order valence-corrected chi connectivity index (χ0v) is 26.6. The molecule has 2 aromatic carbocycles. The molecule has 14 heteroatoms. The van der Waals surface area contributed by atoms with Crippen LogP contribution in [0.3, 0.4) is 0 Å². The summed E-state index contributed by atoms with van der Waals surface area (Å²) in [5, 5.41) is 29.6. The second-order valence-corrected chi connectivity index (χ2v) is 12.3. The van der Waals surface area contributed by atoms with Gasteiger partial charge in [-0.15, -0.1) is 0 Å². The van der Waals surface area contributed by atoms with E-state index < -0.39 is 58.5 Å². The Hall–Kier alpha value is -3.81. The summed E-state index contributed by atoms with van der Waals surface area (Å²) < 4.78 is 26.8. The first-order valence-electron chi connectivity index (χ1n) is 14.5. The number of carbonyl (C=O) groups excluding carboxylic acids is 2. The molecule has 0 aromatic heterocycles. The van der Waals surface area contributed by atoms with E-state index in [0.717, 1.165) is 26.0 Å². The number of fused-ring (bicyclic) bond motifs is 2. The number of allylic oxidation sites excluding steroid dienone is 4. The molecule has 2 aliphatic heterocycles. The van der Waals surface area contributed by atoms with E-state index in [-0.39, 0.29) is 34.4 Å². The lowest BCUT2D eigenvalue weighted by Gasteiger charge is -2.38. The first-order chi connectivity index (χ1) is 22.0. The van der Waals surface area contributed by atoms with Crippen LogP contribution in [0.25, 0.3) is 0 Å². The Morgan fingerprint density at radius 3 is 2.67 bits per heavy atom. The molecule has 0 radical (unpaired) electrons. The highest BCUT2D eigenvalue weighted by atomic mass is 35.5. The summed E-state index contributed by atoms with van der Waals surface area (Å²) in [5.41, 5.74) is -1.08. The van der Waals surface area contributed by atoms with Crippen LogP contribution in [0.5, 0.6) is 5.75 Å². The number of aliphatic hydroxyl groups is 1. The van der Waals surface area contributed by atoms with Crippen LogP contribution in [0.4, 0.5) is 15.8 Å². The molecule has 3 aliphatic rings. The fourth-order valence-electron chi connectivity index (χ4n) is 6.63. The van der Waals surface area contributed by atoms with Gasteiger partial charge in [-0.1, -0.05) is 41.9 Å². The van der Waals surface area contributed by atoms with Gasteiger partial charge in [0.2, 0.25) is 5.91 Å². The minimum Gasteiger partial charge on any atom is -0.496 e. The van der Waals surface area contributed by atoms with Gasteiger partial charge in [-0.05, 0) is 49.1 Å². The number of amides is 1. The van der Waals surface area contributed by atoms with Gasteiger partial charge in [0.1, 0.15) is 22.7 Å². The van der Waals surface area contributed by atoms with E-state index in [2.05, 4.69) is 17.2 Å². The van der Waals surface area contributed by atoms with Crippen LogP contribution in [0.2, 0.25) is 5.02 Å². The molecule has 1 aliphatic carbocycles. The maximum Gasteiger partial charge on any atom is 0.341 e.